The minimum absolute atomic E-state index is 0.482. The molecule has 1 atom stereocenters. The third-order valence-corrected chi connectivity index (χ3v) is 4.69. The zero-order valence-corrected chi connectivity index (χ0v) is 13.9. The van der Waals surface area contributed by atoms with Crippen LogP contribution >= 0.6 is 0 Å². The van der Waals surface area contributed by atoms with Gasteiger partial charge in [-0.15, -0.1) is 0 Å². The quantitative estimate of drug-likeness (QED) is 0.771. The lowest BCUT2D eigenvalue weighted by Crippen LogP contribution is -2.49. The van der Waals surface area contributed by atoms with Gasteiger partial charge in [-0.05, 0) is 44.2 Å². The van der Waals surface area contributed by atoms with Crippen molar-refractivity contribution in [3.63, 3.8) is 0 Å². The number of likely N-dealkylation sites (tertiary alicyclic amines) is 1. The molecule has 0 aromatic carbocycles. The van der Waals surface area contributed by atoms with Crippen molar-refractivity contribution < 1.29 is 4.74 Å². The molecule has 2 fully saturated rings. The third-order valence-electron chi connectivity index (χ3n) is 4.69. The average molecular weight is 282 g/mol. The van der Waals surface area contributed by atoms with Crippen LogP contribution in [-0.2, 0) is 4.74 Å². The van der Waals surface area contributed by atoms with Gasteiger partial charge < -0.3 is 4.74 Å². The Hall–Kier alpha value is -0.120. The Morgan fingerprint density at radius 2 is 1.80 bits per heavy atom. The van der Waals surface area contributed by atoms with Gasteiger partial charge in [-0.25, -0.2) is 0 Å². The maximum atomic E-state index is 5.46. The largest absolute Gasteiger partial charge is 0.379 e. The van der Waals surface area contributed by atoms with Crippen molar-refractivity contribution in [3.05, 3.63) is 0 Å². The zero-order chi connectivity index (χ0) is 14.4. The van der Waals surface area contributed by atoms with Crippen LogP contribution in [0.4, 0.5) is 0 Å². The van der Waals surface area contributed by atoms with Crippen LogP contribution in [0.1, 0.15) is 52.9 Å². The van der Waals surface area contributed by atoms with Gasteiger partial charge >= 0.3 is 0 Å². The van der Waals surface area contributed by atoms with Crippen LogP contribution in [0.2, 0.25) is 0 Å². The predicted molar refractivity (Wildman–Crippen MR) is 85.2 cm³/mol. The van der Waals surface area contributed by atoms with Crippen LogP contribution in [-0.4, -0.2) is 61.8 Å². The highest BCUT2D eigenvalue weighted by atomic mass is 16.5. The summed E-state index contributed by atoms with van der Waals surface area (Å²) in [4.78, 5) is 5.38. The Kier molecular flexibility index (Phi) is 6.31. The SMILES string of the molecule is CC(C)(C)CCCN1CCCC[C@@H]1CN1CCOCC1. The second kappa shape index (κ2) is 7.77. The van der Waals surface area contributed by atoms with E-state index in [0.29, 0.717) is 5.41 Å². The number of hydrogen-bond donors (Lipinski definition) is 0. The van der Waals surface area contributed by atoms with Gasteiger partial charge in [-0.2, -0.15) is 0 Å². The fourth-order valence-corrected chi connectivity index (χ4v) is 3.46. The van der Waals surface area contributed by atoms with Crippen LogP contribution in [0.5, 0.6) is 0 Å². The van der Waals surface area contributed by atoms with Gasteiger partial charge in [0.25, 0.3) is 0 Å². The Morgan fingerprint density at radius 1 is 1.05 bits per heavy atom. The first-order chi connectivity index (χ1) is 9.54. The topological polar surface area (TPSA) is 15.7 Å². The zero-order valence-electron chi connectivity index (χ0n) is 13.9. The smallest absolute Gasteiger partial charge is 0.0594 e. The molecule has 118 valence electrons. The van der Waals surface area contributed by atoms with Gasteiger partial charge in [0.2, 0.25) is 0 Å². The molecule has 0 amide bonds. The molecule has 0 aromatic heterocycles. The molecular formula is C17H34N2O. The Labute approximate surface area is 125 Å². The molecule has 0 spiro atoms. The highest BCUT2D eigenvalue weighted by Crippen LogP contribution is 2.23. The van der Waals surface area contributed by atoms with Gasteiger partial charge in [0.15, 0.2) is 0 Å². The van der Waals surface area contributed by atoms with Gasteiger partial charge in [0.05, 0.1) is 13.2 Å². The van der Waals surface area contributed by atoms with E-state index < -0.39 is 0 Å². The first-order valence-electron chi connectivity index (χ1n) is 8.59. The van der Waals surface area contributed by atoms with Crippen LogP contribution in [0.15, 0.2) is 0 Å². The number of nitrogens with zero attached hydrogens (tertiary/aromatic N) is 2. The number of rotatable bonds is 5. The molecule has 0 saturated carbocycles. The number of piperidine rings is 1. The summed E-state index contributed by atoms with van der Waals surface area (Å²) in [6.07, 6.45) is 6.91. The summed E-state index contributed by atoms with van der Waals surface area (Å²) in [7, 11) is 0. The van der Waals surface area contributed by atoms with E-state index in [0.717, 1.165) is 32.3 Å². The van der Waals surface area contributed by atoms with Gasteiger partial charge in [0.1, 0.15) is 0 Å². The molecular weight excluding hydrogens is 248 g/mol. The third kappa shape index (κ3) is 5.71. The normalized spacial score (nSPS) is 26.9. The van der Waals surface area contributed by atoms with Crippen molar-refractivity contribution in [1.29, 1.82) is 0 Å². The van der Waals surface area contributed by atoms with E-state index in [9.17, 15) is 0 Å². The summed E-state index contributed by atoms with van der Waals surface area (Å²) in [5, 5.41) is 0. The monoisotopic (exact) mass is 282 g/mol. The molecule has 0 N–H and O–H groups in total. The van der Waals surface area contributed by atoms with Crippen molar-refractivity contribution in [2.24, 2.45) is 5.41 Å². The lowest BCUT2D eigenvalue weighted by molar-refractivity contribution is 0.0161. The summed E-state index contributed by atoms with van der Waals surface area (Å²) in [6, 6.07) is 0.793. The molecule has 2 saturated heterocycles. The van der Waals surface area contributed by atoms with E-state index >= 15 is 0 Å². The van der Waals surface area contributed by atoms with Crippen molar-refractivity contribution in [3.8, 4) is 0 Å². The molecule has 0 aromatic rings. The standard InChI is InChI=1S/C17H34N2O/c1-17(2,3)8-6-10-19-9-5-4-7-16(19)15-18-11-13-20-14-12-18/h16H,4-15H2,1-3H3/t16-/m1/s1. The Balaban J connectivity index is 1.75. The van der Waals surface area contributed by atoms with Gasteiger partial charge in [-0.3, -0.25) is 9.80 Å². The van der Waals surface area contributed by atoms with Crippen LogP contribution < -0.4 is 0 Å². The van der Waals surface area contributed by atoms with E-state index in [1.54, 1.807) is 0 Å². The van der Waals surface area contributed by atoms with E-state index in [1.807, 2.05) is 0 Å². The predicted octanol–water partition coefficient (Wildman–Crippen LogP) is 3.00. The molecule has 2 aliphatic rings. The molecule has 3 nitrogen and oxygen atoms in total. The minimum Gasteiger partial charge on any atom is -0.379 e. The number of hydrogen-bond acceptors (Lipinski definition) is 3. The second-order valence-corrected chi connectivity index (χ2v) is 7.76. The van der Waals surface area contributed by atoms with Gasteiger partial charge in [0, 0.05) is 25.7 Å². The molecule has 0 bridgehead atoms. The first-order valence-corrected chi connectivity index (χ1v) is 8.59. The van der Waals surface area contributed by atoms with Gasteiger partial charge in [-0.1, -0.05) is 27.2 Å². The van der Waals surface area contributed by atoms with Crippen molar-refractivity contribution in [2.75, 3.05) is 45.9 Å². The minimum atomic E-state index is 0.482. The van der Waals surface area contributed by atoms with Crippen molar-refractivity contribution >= 4 is 0 Å². The Bertz CT molecular complexity index is 269. The van der Waals surface area contributed by atoms with Crippen molar-refractivity contribution in [2.45, 2.75) is 58.9 Å². The summed E-state index contributed by atoms with van der Waals surface area (Å²) >= 11 is 0. The summed E-state index contributed by atoms with van der Waals surface area (Å²) in [5.74, 6) is 0. The Morgan fingerprint density at radius 3 is 2.50 bits per heavy atom. The fourth-order valence-electron chi connectivity index (χ4n) is 3.46. The van der Waals surface area contributed by atoms with E-state index in [1.165, 1.54) is 51.7 Å². The van der Waals surface area contributed by atoms with Crippen LogP contribution in [0.3, 0.4) is 0 Å². The van der Waals surface area contributed by atoms with Crippen LogP contribution in [0, 0.1) is 5.41 Å². The maximum Gasteiger partial charge on any atom is 0.0594 e. The summed E-state index contributed by atoms with van der Waals surface area (Å²) in [5.41, 5.74) is 0.482. The lowest BCUT2D eigenvalue weighted by atomic mass is 9.90. The fraction of sp³-hybridized carbons (Fsp3) is 1.00. The summed E-state index contributed by atoms with van der Waals surface area (Å²) < 4.78 is 5.46. The number of ether oxygens (including phenoxy) is 1. The maximum absolute atomic E-state index is 5.46. The molecule has 0 aliphatic carbocycles. The first kappa shape index (κ1) is 16.3. The molecule has 0 unspecified atom stereocenters. The lowest BCUT2D eigenvalue weighted by Gasteiger charge is -2.40. The molecule has 0 radical (unpaired) electrons. The molecule has 3 heteroatoms. The van der Waals surface area contributed by atoms with Crippen LogP contribution in [0.25, 0.3) is 0 Å². The van der Waals surface area contributed by atoms with E-state index in [4.69, 9.17) is 4.74 Å². The van der Waals surface area contributed by atoms with Crippen molar-refractivity contribution in [1.82, 2.24) is 9.80 Å². The summed E-state index contributed by atoms with van der Waals surface area (Å²) in [6.45, 7) is 15.1. The highest BCUT2D eigenvalue weighted by molar-refractivity contribution is 4.81. The van der Waals surface area contributed by atoms with E-state index in [2.05, 4.69) is 30.6 Å². The highest BCUT2D eigenvalue weighted by Gasteiger charge is 2.25. The molecule has 20 heavy (non-hydrogen) atoms. The van der Waals surface area contributed by atoms with E-state index in [-0.39, 0.29) is 0 Å². The molecule has 2 aliphatic heterocycles. The molecule has 2 heterocycles. The number of morpholine rings is 1. The second-order valence-electron chi connectivity index (χ2n) is 7.76. The average Bonchev–Trinajstić information content (AvgIpc) is 2.40. The molecule has 2 rings (SSSR count).